The standard InChI is InChI=1S/C8H8FNO3.2C8H10FNO/c1-2-13-6-3-4-8(10(11)12)7(9)5-6;2*1-2-11-6-3-4-8(10)7(9)5-6/h3-5H,2H2,1H3;2*3-5H,2,10H2,1H3. The second kappa shape index (κ2) is 14.9. The number of hydrogen-bond acceptors (Lipinski definition) is 7. The van der Waals surface area contributed by atoms with Gasteiger partial charge < -0.3 is 25.7 Å². The maximum absolute atomic E-state index is 12.9. The van der Waals surface area contributed by atoms with Crippen LogP contribution >= 0.6 is 0 Å². The summed E-state index contributed by atoms with van der Waals surface area (Å²) >= 11 is 0. The minimum atomic E-state index is -0.879. The molecule has 3 aromatic carbocycles. The zero-order valence-electron chi connectivity index (χ0n) is 19.6. The molecule has 0 amide bonds. The Kier molecular flexibility index (Phi) is 12.3. The van der Waals surface area contributed by atoms with Crippen LogP contribution in [0.25, 0.3) is 0 Å². The fraction of sp³-hybridized carbons (Fsp3) is 0.250. The van der Waals surface area contributed by atoms with Crippen molar-refractivity contribution in [2.24, 2.45) is 0 Å². The molecule has 190 valence electrons. The van der Waals surface area contributed by atoms with E-state index in [0.29, 0.717) is 37.1 Å². The maximum Gasteiger partial charge on any atom is 0.305 e. The number of rotatable bonds is 7. The Hall–Kier alpha value is -4.15. The number of nitrogens with two attached hydrogens (primary N) is 2. The molecule has 0 saturated heterocycles. The molecule has 0 heterocycles. The van der Waals surface area contributed by atoms with Gasteiger partial charge in [-0.1, -0.05) is 0 Å². The molecule has 0 aliphatic heterocycles. The molecule has 0 aromatic heterocycles. The predicted octanol–water partition coefficient (Wildman–Crippen LogP) is 5.75. The van der Waals surface area contributed by atoms with Crippen LogP contribution in [0.2, 0.25) is 0 Å². The highest BCUT2D eigenvalue weighted by atomic mass is 19.1. The molecule has 0 atom stereocenters. The number of nitro groups is 1. The van der Waals surface area contributed by atoms with Gasteiger partial charge >= 0.3 is 5.69 Å². The van der Waals surface area contributed by atoms with Gasteiger partial charge in [-0.05, 0) is 51.1 Å². The second-order valence-electron chi connectivity index (χ2n) is 6.54. The third kappa shape index (κ3) is 10.1. The SMILES string of the molecule is CCOc1ccc(N)c(F)c1.CCOc1ccc(N)c(F)c1.CCOc1ccc([N+](=O)[O-])c(F)c1. The topological polar surface area (TPSA) is 123 Å². The molecule has 0 bridgehead atoms. The highest BCUT2D eigenvalue weighted by molar-refractivity contribution is 5.44. The summed E-state index contributed by atoms with van der Waals surface area (Å²) in [5.74, 6) is -0.424. The molecule has 8 nitrogen and oxygen atoms in total. The van der Waals surface area contributed by atoms with Gasteiger partial charge in [0.2, 0.25) is 5.82 Å². The molecule has 0 aliphatic carbocycles. The van der Waals surface area contributed by atoms with Crippen LogP contribution in [0.3, 0.4) is 0 Å². The summed E-state index contributed by atoms with van der Waals surface area (Å²) in [6.45, 7) is 6.89. The van der Waals surface area contributed by atoms with Crippen molar-refractivity contribution in [2.45, 2.75) is 20.8 Å². The third-order valence-corrected chi connectivity index (χ3v) is 3.99. The molecular formula is C24H28F3N3O5. The number of ether oxygens (including phenoxy) is 3. The molecule has 3 aromatic rings. The molecule has 0 saturated carbocycles. The number of nitro benzene ring substituents is 1. The second-order valence-corrected chi connectivity index (χ2v) is 6.54. The van der Waals surface area contributed by atoms with E-state index in [4.69, 9.17) is 25.7 Å². The minimum absolute atomic E-state index is 0.147. The third-order valence-electron chi connectivity index (χ3n) is 3.99. The van der Waals surface area contributed by atoms with E-state index in [9.17, 15) is 23.3 Å². The largest absolute Gasteiger partial charge is 0.494 e. The van der Waals surface area contributed by atoms with Gasteiger partial charge in [-0.15, -0.1) is 0 Å². The Morgan fingerprint density at radius 3 is 1.31 bits per heavy atom. The van der Waals surface area contributed by atoms with Crippen LogP contribution < -0.4 is 25.7 Å². The first-order valence-corrected chi connectivity index (χ1v) is 10.5. The first kappa shape index (κ1) is 28.9. The molecule has 35 heavy (non-hydrogen) atoms. The molecule has 0 fully saturated rings. The fourth-order valence-corrected chi connectivity index (χ4v) is 2.42. The normalized spacial score (nSPS) is 9.66. The van der Waals surface area contributed by atoms with Gasteiger partial charge in [0.25, 0.3) is 0 Å². The Morgan fingerprint density at radius 1 is 0.686 bits per heavy atom. The average molecular weight is 495 g/mol. The lowest BCUT2D eigenvalue weighted by atomic mass is 10.3. The summed E-state index contributed by atoms with van der Waals surface area (Å²) in [5.41, 5.74) is 10.3. The van der Waals surface area contributed by atoms with E-state index in [1.807, 2.05) is 13.8 Å². The Bertz CT molecular complexity index is 1050. The van der Waals surface area contributed by atoms with E-state index in [1.54, 1.807) is 19.1 Å². The number of halogens is 3. The van der Waals surface area contributed by atoms with Crippen LogP contribution in [0.15, 0.2) is 54.6 Å². The number of nitrogen functional groups attached to an aromatic ring is 2. The Labute approximate surface area is 201 Å². The quantitative estimate of drug-likeness (QED) is 0.243. The van der Waals surface area contributed by atoms with E-state index in [0.717, 1.165) is 12.1 Å². The van der Waals surface area contributed by atoms with Gasteiger partial charge in [-0.3, -0.25) is 10.1 Å². The van der Waals surface area contributed by atoms with Gasteiger partial charge in [0.05, 0.1) is 36.1 Å². The van der Waals surface area contributed by atoms with Gasteiger partial charge in [0.1, 0.15) is 28.9 Å². The summed E-state index contributed by atoms with van der Waals surface area (Å²) < 4.78 is 53.3. The van der Waals surface area contributed by atoms with E-state index >= 15 is 0 Å². The summed E-state index contributed by atoms with van der Waals surface area (Å²) in [6.07, 6.45) is 0. The zero-order chi connectivity index (χ0) is 26.4. The first-order valence-electron chi connectivity index (χ1n) is 10.5. The lowest BCUT2D eigenvalue weighted by Crippen LogP contribution is -1.95. The van der Waals surface area contributed by atoms with Gasteiger partial charge in [0, 0.05) is 24.3 Å². The van der Waals surface area contributed by atoms with Crippen molar-refractivity contribution < 1.29 is 32.3 Å². The number of anilines is 2. The lowest BCUT2D eigenvalue weighted by molar-refractivity contribution is -0.387. The van der Waals surface area contributed by atoms with Crippen LogP contribution in [0.5, 0.6) is 17.2 Å². The highest BCUT2D eigenvalue weighted by Crippen LogP contribution is 2.22. The lowest BCUT2D eigenvalue weighted by Gasteiger charge is -2.02. The van der Waals surface area contributed by atoms with Crippen molar-refractivity contribution in [1.29, 1.82) is 0 Å². The van der Waals surface area contributed by atoms with Crippen molar-refractivity contribution in [3.05, 3.63) is 82.2 Å². The molecule has 0 unspecified atom stereocenters. The zero-order valence-corrected chi connectivity index (χ0v) is 19.6. The first-order chi connectivity index (χ1) is 16.6. The van der Waals surface area contributed by atoms with Crippen LogP contribution in [-0.2, 0) is 0 Å². The molecule has 3 rings (SSSR count). The van der Waals surface area contributed by atoms with E-state index in [2.05, 4.69) is 0 Å². The smallest absolute Gasteiger partial charge is 0.305 e. The highest BCUT2D eigenvalue weighted by Gasteiger charge is 2.13. The Balaban J connectivity index is 0.000000264. The van der Waals surface area contributed by atoms with Crippen molar-refractivity contribution in [1.82, 2.24) is 0 Å². The van der Waals surface area contributed by atoms with Crippen molar-refractivity contribution in [2.75, 3.05) is 31.3 Å². The Morgan fingerprint density at radius 2 is 1.03 bits per heavy atom. The summed E-state index contributed by atoms with van der Waals surface area (Å²) in [6, 6.07) is 12.3. The number of benzene rings is 3. The van der Waals surface area contributed by atoms with Crippen LogP contribution in [-0.4, -0.2) is 24.7 Å². The maximum atomic E-state index is 12.9. The number of nitrogens with zero attached hydrogens (tertiary/aromatic N) is 1. The van der Waals surface area contributed by atoms with E-state index in [1.165, 1.54) is 30.3 Å². The van der Waals surface area contributed by atoms with Gasteiger partial charge in [-0.2, -0.15) is 4.39 Å². The van der Waals surface area contributed by atoms with Gasteiger partial charge in [0.15, 0.2) is 0 Å². The molecule has 0 aliphatic rings. The molecule has 0 radical (unpaired) electrons. The van der Waals surface area contributed by atoms with Crippen LogP contribution in [0, 0.1) is 27.6 Å². The van der Waals surface area contributed by atoms with Crippen molar-refractivity contribution in [3.8, 4) is 17.2 Å². The predicted molar refractivity (Wildman–Crippen MR) is 128 cm³/mol. The molecule has 0 spiro atoms. The number of hydrogen-bond donors (Lipinski definition) is 2. The van der Waals surface area contributed by atoms with E-state index < -0.39 is 28.1 Å². The monoisotopic (exact) mass is 495 g/mol. The van der Waals surface area contributed by atoms with Crippen LogP contribution in [0.4, 0.5) is 30.2 Å². The van der Waals surface area contributed by atoms with Crippen molar-refractivity contribution >= 4 is 17.1 Å². The average Bonchev–Trinajstić information content (AvgIpc) is 2.80. The van der Waals surface area contributed by atoms with Crippen LogP contribution in [0.1, 0.15) is 20.8 Å². The summed E-state index contributed by atoms with van der Waals surface area (Å²) in [5, 5.41) is 10.2. The molecule has 4 N–H and O–H groups in total. The van der Waals surface area contributed by atoms with Crippen molar-refractivity contribution in [3.63, 3.8) is 0 Å². The van der Waals surface area contributed by atoms with E-state index in [-0.39, 0.29) is 11.4 Å². The molecular weight excluding hydrogens is 467 g/mol. The molecule has 11 heteroatoms. The summed E-state index contributed by atoms with van der Waals surface area (Å²) in [4.78, 5) is 9.44. The fourth-order valence-electron chi connectivity index (χ4n) is 2.42. The summed E-state index contributed by atoms with van der Waals surface area (Å²) in [7, 11) is 0. The van der Waals surface area contributed by atoms with Gasteiger partial charge in [-0.25, -0.2) is 8.78 Å². The minimum Gasteiger partial charge on any atom is -0.494 e.